The second kappa shape index (κ2) is 7.01. The first kappa shape index (κ1) is 15.8. The molecule has 0 amide bonds. The molecule has 3 rings (SSSR count). The zero-order chi connectivity index (χ0) is 16.2. The molecule has 0 aliphatic rings. The van der Waals surface area contributed by atoms with Crippen LogP contribution in [0.15, 0.2) is 77.3 Å². The second-order valence-corrected chi connectivity index (χ2v) is 6.51. The molecule has 0 saturated heterocycles. The number of rotatable bonds is 4. The molecule has 0 bridgehead atoms. The van der Waals surface area contributed by atoms with Crippen LogP contribution in [-0.2, 0) is 0 Å². The van der Waals surface area contributed by atoms with E-state index in [1.54, 1.807) is 0 Å². The molecular formula is C21H20BrN. The van der Waals surface area contributed by atoms with Gasteiger partial charge in [-0.1, -0.05) is 58.4 Å². The van der Waals surface area contributed by atoms with Gasteiger partial charge in [0.2, 0.25) is 0 Å². The van der Waals surface area contributed by atoms with Crippen molar-refractivity contribution in [2.45, 2.75) is 13.8 Å². The molecule has 0 aliphatic heterocycles. The zero-order valence-corrected chi connectivity index (χ0v) is 15.0. The van der Waals surface area contributed by atoms with Crippen molar-refractivity contribution in [2.24, 2.45) is 0 Å². The summed E-state index contributed by atoms with van der Waals surface area (Å²) in [5, 5.41) is 0. The van der Waals surface area contributed by atoms with Crippen LogP contribution in [0.2, 0.25) is 0 Å². The van der Waals surface area contributed by atoms with Crippen LogP contribution < -0.4 is 4.90 Å². The van der Waals surface area contributed by atoms with Gasteiger partial charge in [0.1, 0.15) is 0 Å². The van der Waals surface area contributed by atoms with Crippen LogP contribution in [-0.4, -0.2) is 6.54 Å². The second-order valence-electron chi connectivity index (χ2n) is 5.59. The number of hydrogen-bond donors (Lipinski definition) is 0. The lowest BCUT2D eigenvalue weighted by molar-refractivity contribution is 1.02. The Bertz CT molecular complexity index is 810. The summed E-state index contributed by atoms with van der Waals surface area (Å²) in [6, 6.07) is 25.7. The van der Waals surface area contributed by atoms with Crippen LogP contribution in [0.1, 0.15) is 12.5 Å². The summed E-state index contributed by atoms with van der Waals surface area (Å²) >= 11 is 3.56. The highest BCUT2D eigenvalue weighted by Gasteiger charge is 2.10. The molecule has 3 aromatic rings. The highest BCUT2D eigenvalue weighted by atomic mass is 79.9. The predicted octanol–water partition coefficient (Wildman–Crippen LogP) is 6.58. The van der Waals surface area contributed by atoms with Crippen molar-refractivity contribution >= 4 is 27.3 Å². The Morgan fingerprint density at radius 1 is 0.826 bits per heavy atom. The molecule has 3 aromatic carbocycles. The van der Waals surface area contributed by atoms with E-state index in [1.807, 2.05) is 0 Å². The van der Waals surface area contributed by atoms with Gasteiger partial charge >= 0.3 is 0 Å². The van der Waals surface area contributed by atoms with Crippen molar-refractivity contribution in [3.63, 3.8) is 0 Å². The minimum Gasteiger partial charge on any atom is -0.342 e. The van der Waals surface area contributed by atoms with Crippen LogP contribution in [0.4, 0.5) is 11.4 Å². The number of aryl methyl sites for hydroxylation is 1. The van der Waals surface area contributed by atoms with Gasteiger partial charge in [-0.15, -0.1) is 0 Å². The van der Waals surface area contributed by atoms with Gasteiger partial charge in [0.05, 0.1) is 0 Å². The SMILES string of the molecule is CCN(c1cccc(-c2cccc(Br)c2)c1)c1ccccc1C. The van der Waals surface area contributed by atoms with Crippen molar-refractivity contribution in [1.29, 1.82) is 0 Å². The third kappa shape index (κ3) is 3.48. The molecule has 116 valence electrons. The lowest BCUT2D eigenvalue weighted by Gasteiger charge is -2.25. The van der Waals surface area contributed by atoms with Gasteiger partial charge in [-0.05, 0) is 60.9 Å². The van der Waals surface area contributed by atoms with Gasteiger partial charge < -0.3 is 4.90 Å². The Balaban J connectivity index is 2.03. The molecule has 0 N–H and O–H groups in total. The minimum absolute atomic E-state index is 0.937. The smallest absolute Gasteiger partial charge is 0.0440 e. The maximum Gasteiger partial charge on any atom is 0.0440 e. The van der Waals surface area contributed by atoms with E-state index in [-0.39, 0.29) is 0 Å². The molecule has 2 heteroatoms. The fourth-order valence-corrected chi connectivity index (χ4v) is 3.28. The van der Waals surface area contributed by atoms with Crippen LogP contribution in [0.5, 0.6) is 0 Å². The molecule has 0 fully saturated rings. The van der Waals surface area contributed by atoms with Crippen molar-refractivity contribution in [2.75, 3.05) is 11.4 Å². The van der Waals surface area contributed by atoms with Crippen LogP contribution in [0.3, 0.4) is 0 Å². The van der Waals surface area contributed by atoms with Gasteiger partial charge in [-0.2, -0.15) is 0 Å². The number of halogens is 1. The van der Waals surface area contributed by atoms with Gasteiger partial charge in [0, 0.05) is 22.4 Å². The standard InChI is InChI=1S/C21H20BrN/c1-3-23(21-13-5-4-8-16(21)2)20-12-7-10-18(15-20)17-9-6-11-19(22)14-17/h4-15H,3H2,1-2H3. The van der Waals surface area contributed by atoms with E-state index < -0.39 is 0 Å². The fraction of sp³-hybridized carbons (Fsp3) is 0.143. The summed E-state index contributed by atoms with van der Waals surface area (Å²) in [5.74, 6) is 0. The molecule has 0 aromatic heterocycles. The summed E-state index contributed by atoms with van der Waals surface area (Å²) in [6.07, 6.45) is 0. The number of hydrogen-bond acceptors (Lipinski definition) is 1. The monoisotopic (exact) mass is 365 g/mol. The van der Waals surface area contributed by atoms with Gasteiger partial charge in [0.15, 0.2) is 0 Å². The van der Waals surface area contributed by atoms with E-state index >= 15 is 0 Å². The van der Waals surface area contributed by atoms with E-state index in [9.17, 15) is 0 Å². The number of benzene rings is 3. The molecule has 0 radical (unpaired) electrons. The number of nitrogens with zero attached hydrogens (tertiary/aromatic N) is 1. The molecule has 1 nitrogen and oxygen atoms in total. The molecular weight excluding hydrogens is 346 g/mol. The topological polar surface area (TPSA) is 3.24 Å². The predicted molar refractivity (Wildman–Crippen MR) is 103 cm³/mol. The molecule has 0 atom stereocenters. The molecule has 0 spiro atoms. The van der Waals surface area contributed by atoms with Crippen molar-refractivity contribution in [3.8, 4) is 11.1 Å². The van der Waals surface area contributed by atoms with Crippen LogP contribution in [0, 0.1) is 6.92 Å². The van der Waals surface area contributed by atoms with Crippen LogP contribution >= 0.6 is 15.9 Å². The Morgan fingerprint density at radius 3 is 2.22 bits per heavy atom. The van der Waals surface area contributed by atoms with E-state index in [0.717, 1.165) is 11.0 Å². The van der Waals surface area contributed by atoms with Gasteiger partial charge in [0.25, 0.3) is 0 Å². The largest absolute Gasteiger partial charge is 0.342 e. The summed E-state index contributed by atoms with van der Waals surface area (Å²) in [7, 11) is 0. The fourth-order valence-electron chi connectivity index (χ4n) is 2.88. The normalized spacial score (nSPS) is 10.6. The van der Waals surface area contributed by atoms with Gasteiger partial charge in [-0.3, -0.25) is 0 Å². The Morgan fingerprint density at radius 2 is 1.52 bits per heavy atom. The highest BCUT2D eigenvalue weighted by Crippen LogP contribution is 2.31. The van der Waals surface area contributed by atoms with Crippen LogP contribution in [0.25, 0.3) is 11.1 Å². The first-order chi connectivity index (χ1) is 11.2. The third-order valence-electron chi connectivity index (χ3n) is 4.04. The Kier molecular flexibility index (Phi) is 4.82. The van der Waals surface area contributed by atoms with E-state index in [1.165, 1.54) is 28.1 Å². The molecule has 23 heavy (non-hydrogen) atoms. The average Bonchev–Trinajstić information content (AvgIpc) is 2.58. The van der Waals surface area contributed by atoms with Crippen molar-refractivity contribution < 1.29 is 0 Å². The van der Waals surface area contributed by atoms with E-state index in [0.29, 0.717) is 0 Å². The van der Waals surface area contributed by atoms with E-state index in [2.05, 4.69) is 107 Å². The van der Waals surface area contributed by atoms with E-state index in [4.69, 9.17) is 0 Å². The quantitative estimate of drug-likeness (QED) is 0.504. The zero-order valence-electron chi connectivity index (χ0n) is 13.5. The summed E-state index contributed by atoms with van der Waals surface area (Å²) in [6.45, 7) is 5.29. The lowest BCUT2D eigenvalue weighted by Crippen LogP contribution is -2.16. The van der Waals surface area contributed by atoms with Gasteiger partial charge in [-0.25, -0.2) is 0 Å². The minimum atomic E-state index is 0.937. The summed E-state index contributed by atoms with van der Waals surface area (Å²) in [4.78, 5) is 2.36. The first-order valence-electron chi connectivity index (χ1n) is 7.88. The molecule has 0 saturated carbocycles. The number of anilines is 2. The number of para-hydroxylation sites is 1. The molecule has 0 aliphatic carbocycles. The van der Waals surface area contributed by atoms with Crippen molar-refractivity contribution in [3.05, 3.63) is 82.8 Å². The lowest BCUT2D eigenvalue weighted by atomic mass is 10.0. The summed E-state index contributed by atoms with van der Waals surface area (Å²) < 4.78 is 1.10. The first-order valence-corrected chi connectivity index (χ1v) is 8.67. The Labute approximate surface area is 146 Å². The third-order valence-corrected chi connectivity index (χ3v) is 4.53. The maximum absolute atomic E-state index is 3.56. The molecule has 0 unspecified atom stereocenters. The van der Waals surface area contributed by atoms with Crippen molar-refractivity contribution in [1.82, 2.24) is 0 Å². The Hall–Kier alpha value is -2.06. The maximum atomic E-state index is 3.56. The molecule has 0 heterocycles. The summed E-state index contributed by atoms with van der Waals surface area (Å²) in [5.41, 5.74) is 6.24. The average molecular weight is 366 g/mol. The highest BCUT2D eigenvalue weighted by molar-refractivity contribution is 9.10.